The Balaban J connectivity index is 1.57. The van der Waals surface area contributed by atoms with E-state index in [4.69, 9.17) is 0 Å². The van der Waals surface area contributed by atoms with E-state index in [2.05, 4.69) is 39.7 Å². The van der Waals surface area contributed by atoms with E-state index in [1.54, 1.807) is 34.9 Å². The molecule has 0 unspecified atom stereocenters. The lowest BCUT2D eigenvalue weighted by atomic mass is 10.1. The molecule has 134 valence electrons. The summed E-state index contributed by atoms with van der Waals surface area (Å²) in [4.78, 5) is 5.22. The predicted octanol–water partition coefficient (Wildman–Crippen LogP) is 6.59. The standard InChI is InChI=1S/C19H10F3N3S2/c20-19(21,22)18-8-14(24-25-18)13-6-10(1-3-23-13)16-7-12-5-11-2-4-26-15(11)9-17(12)27-16/h1-9H,(H,24,25). The summed E-state index contributed by atoms with van der Waals surface area (Å²) in [7, 11) is 0. The van der Waals surface area contributed by atoms with Crippen LogP contribution in [-0.2, 0) is 6.18 Å². The van der Waals surface area contributed by atoms with Gasteiger partial charge >= 0.3 is 6.18 Å². The number of thiophene rings is 2. The van der Waals surface area contributed by atoms with Crippen molar-refractivity contribution in [1.82, 2.24) is 15.2 Å². The molecule has 4 heterocycles. The molecule has 0 atom stereocenters. The van der Waals surface area contributed by atoms with Crippen LogP contribution in [-0.4, -0.2) is 15.2 Å². The summed E-state index contributed by atoms with van der Waals surface area (Å²) >= 11 is 3.36. The molecule has 1 N–H and O–H groups in total. The van der Waals surface area contributed by atoms with E-state index in [0.717, 1.165) is 21.9 Å². The number of nitrogens with one attached hydrogen (secondary N) is 1. The van der Waals surface area contributed by atoms with Crippen LogP contribution in [0.15, 0.2) is 54.0 Å². The van der Waals surface area contributed by atoms with E-state index in [-0.39, 0.29) is 5.69 Å². The van der Waals surface area contributed by atoms with Gasteiger partial charge in [-0.15, -0.1) is 22.7 Å². The fourth-order valence-electron chi connectivity index (χ4n) is 2.96. The highest BCUT2D eigenvalue weighted by Gasteiger charge is 2.33. The molecule has 3 nitrogen and oxygen atoms in total. The first-order valence-corrected chi connectivity index (χ1v) is 9.67. The number of hydrogen-bond acceptors (Lipinski definition) is 4. The number of H-pyrrole nitrogens is 1. The Morgan fingerprint density at radius 2 is 1.78 bits per heavy atom. The summed E-state index contributed by atoms with van der Waals surface area (Å²) in [5, 5.41) is 10.2. The van der Waals surface area contributed by atoms with E-state index in [1.807, 2.05) is 11.2 Å². The van der Waals surface area contributed by atoms with E-state index < -0.39 is 11.9 Å². The number of aromatic nitrogens is 3. The Bertz CT molecular complexity index is 1230. The van der Waals surface area contributed by atoms with Crippen molar-refractivity contribution in [3.05, 3.63) is 59.7 Å². The molecule has 0 fully saturated rings. The second kappa shape index (κ2) is 5.90. The maximum absolute atomic E-state index is 12.8. The van der Waals surface area contributed by atoms with Gasteiger partial charge in [-0.3, -0.25) is 10.1 Å². The molecule has 27 heavy (non-hydrogen) atoms. The zero-order valence-electron chi connectivity index (χ0n) is 13.5. The van der Waals surface area contributed by atoms with Crippen LogP contribution in [0.4, 0.5) is 13.2 Å². The smallest absolute Gasteiger partial charge is 0.273 e. The number of fused-ring (bicyclic) bond motifs is 2. The topological polar surface area (TPSA) is 41.6 Å². The maximum atomic E-state index is 12.8. The minimum atomic E-state index is -4.46. The summed E-state index contributed by atoms with van der Waals surface area (Å²) in [6, 6.07) is 13.1. The quantitative estimate of drug-likeness (QED) is 0.363. The number of hydrogen-bond donors (Lipinski definition) is 1. The van der Waals surface area contributed by atoms with Gasteiger partial charge in [0.25, 0.3) is 0 Å². The van der Waals surface area contributed by atoms with Gasteiger partial charge in [-0.2, -0.15) is 18.3 Å². The first-order chi connectivity index (χ1) is 13.0. The lowest BCUT2D eigenvalue weighted by Crippen LogP contribution is -2.04. The van der Waals surface area contributed by atoms with Crippen molar-refractivity contribution in [2.24, 2.45) is 0 Å². The zero-order chi connectivity index (χ0) is 18.6. The fourth-order valence-corrected chi connectivity index (χ4v) is 4.93. The summed E-state index contributed by atoms with van der Waals surface area (Å²) < 4.78 is 40.8. The highest BCUT2D eigenvalue weighted by Crippen LogP contribution is 2.38. The van der Waals surface area contributed by atoms with Crippen molar-refractivity contribution >= 4 is 42.8 Å². The van der Waals surface area contributed by atoms with Crippen LogP contribution in [0.5, 0.6) is 0 Å². The normalized spacial score (nSPS) is 12.3. The zero-order valence-corrected chi connectivity index (χ0v) is 15.2. The molecule has 0 saturated carbocycles. The Hall–Kier alpha value is -2.71. The predicted molar refractivity (Wildman–Crippen MR) is 103 cm³/mol. The minimum absolute atomic E-state index is 0.172. The Morgan fingerprint density at radius 1 is 0.889 bits per heavy atom. The van der Waals surface area contributed by atoms with E-state index >= 15 is 0 Å². The van der Waals surface area contributed by atoms with Crippen LogP contribution in [0.1, 0.15) is 5.69 Å². The number of aromatic amines is 1. The average molecular weight is 401 g/mol. The molecule has 0 aliphatic heterocycles. The van der Waals surface area contributed by atoms with Gasteiger partial charge in [0.15, 0.2) is 0 Å². The molecular weight excluding hydrogens is 391 g/mol. The largest absolute Gasteiger partial charge is 0.432 e. The second-order valence-electron chi connectivity index (χ2n) is 6.05. The third-order valence-corrected chi connectivity index (χ3v) is 6.31. The summed E-state index contributed by atoms with van der Waals surface area (Å²) in [5.41, 5.74) is 0.594. The van der Waals surface area contributed by atoms with Crippen LogP contribution in [0.3, 0.4) is 0 Å². The van der Waals surface area contributed by atoms with Crippen molar-refractivity contribution in [3.63, 3.8) is 0 Å². The molecule has 0 bridgehead atoms. The van der Waals surface area contributed by atoms with Crippen molar-refractivity contribution in [2.45, 2.75) is 6.18 Å². The third kappa shape index (κ3) is 2.90. The molecule has 0 spiro atoms. The van der Waals surface area contributed by atoms with Gasteiger partial charge in [-0.25, -0.2) is 0 Å². The van der Waals surface area contributed by atoms with Gasteiger partial charge in [0.2, 0.25) is 0 Å². The SMILES string of the molecule is FC(F)(F)c1cc(-c2cc(-c3cc4cc5ccsc5cc4s3)ccn2)n[nH]1. The van der Waals surface area contributed by atoms with Gasteiger partial charge in [0.1, 0.15) is 11.4 Å². The number of pyridine rings is 1. The Morgan fingerprint density at radius 3 is 2.59 bits per heavy atom. The molecule has 0 radical (unpaired) electrons. The van der Waals surface area contributed by atoms with Crippen molar-refractivity contribution in [3.8, 4) is 21.8 Å². The minimum Gasteiger partial charge on any atom is -0.273 e. The fraction of sp³-hybridized carbons (Fsp3) is 0.0526. The summed E-state index contributed by atoms with van der Waals surface area (Å²) in [6.45, 7) is 0. The molecule has 0 aliphatic rings. The van der Waals surface area contributed by atoms with Gasteiger partial charge in [-0.1, -0.05) is 0 Å². The van der Waals surface area contributed by atoms with Crippen LogP contribution >= 0.6 is 22.7 Å². The van der Waals surface area contributed by atoms with Crippen LogP contribution in [0.25, 0.3) is 42.0 Å². The third-order valence-electron chi connectivity index (χ3n) is 4.28. The Kier molecular flexibility index (Phi) is 3.60. The van der Waals surface area contributed by atoms with Gasteiger partial charge in [0, 0.05) is 20.5 Å². The van der Waals surface area contributed by atoms with Crippen LogP contribution in [0.2, 0.25) is 0 Å². The molecule has 0 aliphatic carbocycles. The second-order valence-corrected chi connectivity index (χ2v) is 8.08. The van der Waals surface area contributed by atoms with E-state index in [9.17, 15) is 13.2 Å². The van der Waals surface area contributed by atoms with Gasteiger partial charge in [-0.05, 0) is 64.2 Å². The molecule has 0 amide bonds. The monoisotopic (exact) mass is 401 g/mol. The van der Waals surface area contributed by atoms with Crippen molar-refractivity contribution in [1.29, 1.82) is 0 Å². The summed E-state index contributed by atoms with van der Waals surface area (Å²) in [6.07, 6.45) is -2.86. The molecule has 0 saturated heterocycles. The molecule has 1 aromatic carbocycles. The number of benzene rings is 1. The Labute approximate surface area is 159 Å². The lowest BCUT2D eigenvalue weighted by molar-refractivity contribution is -0.141. The van der Waals surface area contributed by atoms with Gasteiger partial charge < -0.3 is 0 Å². The highest BCUT2D eigenvalue weighted by atomic mass is 32.1. The lowest BCUT2D eigenvalue weighted by Gasteiger charge is -2.01. The molecular formula is C19H10F3N3S2. The van der Waals surface area contributed by atoms with E-state index in [1.165, 1.54) is 14.8 Å². The highest BCUT2D eigenvalue weighted by molar-refractivity contribution is 7.23. The number of rotatable bonds is 2. The average Bonchev–Trinajstić information content (AvgIpc) is 3.37. The molecule has 8 heteroatoms. The first kappa shape index (κ1) is 16.5. The van der Waals surface area contributed by atoms with Crippen molar-refractivity contribution < 1.29 is 13.2 Å². The number of nitrogens with zero attached hydrogens (tertiary/aromatic N) is 2. The van der Waals surface area contributed by atoms with Crippen LogP contribution < -0.4 is 0 Å². The number of alkyl halides is 3. The maximum Gasteiger partial charge on any atom is 0.432 e. The summed E-state index contributed by atoms with van der Waals surface area (Å²) in [5.74, 6) is 0. The molecule has 4 aromatic heterocycles. The number of halogens is 3. The van der Waals surface area contributed by atoms with E-state index in [0.29, 0.717) is 5.69 Å². The molecule has 5 rings (SSSR count). The van der Waals surface area contributed by atoms with Crippen LogP contribution in [0, 0.1) is 0 Å². The van der Waals surface area contributed by atoms with Gasteiger partial charge in [0.05, 0.1) is 5.69 Å². The van der Waals surface area contributed by atoms with Crippen molar-refractivity contribution in [2.75, 3.05) is 0 Å². The molecule has 5 aromatic rings. The first-order valence-electron chi connectivity index (χ1n) is 7.97.